The van der Waals surface area contributed by atoms with Crippen molar-refractivity contribution in [1.29, 1.82) is 0 Å². The highest BCUT2D eigenvalue weighted by molar-refractivity contribution is 5.21. The van der Waals surface area contributed by atoms with Crippen molar-refractivity contribution in [2.45, 2.75) is 25.9 Å². The van der Waals surface area contributed by atoms with Crippen molar-refractivity contribution < 1.29 is 4.74 Å². The third kappa shape index (κ3) is 3.08. The van der Waals surface area contributed by atoms with E-state index in [-0.39, 0.29) is 0 Å². The van der Waals surface area contributed by atoms with Gasteiger partial charge in [0.15, 0.2) is 0 Å². The monoisotopic (exact) mass is 150 g/mol. The zero-order chi connectivity index (χ0) is 8.27. The molecule has 0 aromatic carbocycles. The predicted molar refractivity (Wildman–Crippen MR) is 47.2 cm³/mol. The van der Waals surface area contributed by atoms with E-state index in [1.165, 1.54) is 12.8 Å². The number of ether oxygens (including phenoxy) is 1. The largest absolute Gasteiger partial charge is 0.490 e. The van der Waals surface area contributed by atoms with E-state index in [1.54, 1.807) is 6.08 Å². The Balaban J connectivity index is 2.46. The summed E-state index contributed by atoms with van der Waals surface area (Å²) >= 11 is 0. The zero-order valence-electron chi connectivity index (χ0n) is 6.97. The highest BCUT2D eigenvalue weighted by atomic mass is 16.5. The van der Waals surface area contributed by atoms with Crippen molar-refractivity contribution in [2.75, 3.05) is 0 Å². The first-order chi connectivity index (χ1) is 5.22. The van der Waals surface area contributed by atoms with Crippen LogP contribution in [0.5, 0.6) is 0 Å². The minimum absolute atomic E-state index is 0.443. The van der Waals surface area contributed by atoms with Gasteiger partial charge in [-0.2, -0.15) is 0 Å². The van der Waals surface area contributed by atoms with Crippen LogP contribution in [0.25, 0.3) is 0 Å². The fourth-order valence-corrected chi connectivity index (χ4v) is 0.762. The molecular formula is C10H14O. The van der Waals surface area contributed by atoms with Gasteiger partial charge in [-0.25, -0.2) is 0 Å². The standard InChI is InChI=1S/C10H14O/c1-4-9(7-8(2)3)11-10-5-6-10/h4,7,10H,1-2,5-6H2,3H3/b9-7+. The molecule has 11 heavy (non-hydrogen) atoms. The molecule has 0 radical (unpaired) electrons. The minimum Gasteiger partial charge on any atom is -0.490 e. The van der Waals surface area contributed by atoms with Crippen LogP contribution in [0, 0.1) is 0 Å². The van der Waals surface area contributed by atoms with Gasteiger partial charge in [0.1, 0.15) is 5.76 Å². The smallest absolute Gasteiger partial charge is 0.119 e. The van der Waals surface area contributed by atoms with Crippen LogP contribution in [0.2, 0.25) is 0 Å². The first-order valence-electron chi connectivity index (χ1n) is 3.88. The Morgan fingerprint density at radius 1 is 1.55 bits per heavy atom. The molecule has 1 nitrogen and oxygen atoms in total. The SMILES string of the molecule is C=C/C(=C\C(=C)C)OC1CC1. The average Bonchev–Trinajstić information content (AvgIpc) is 2.69. The highest BCUT2D eigenvalue weighted by Gasteiger charge is 2.23. The summed E-state index contributed by atoms with van der Waals surface area (Å²) in [6, 6.07) is 0. The quantitative estimate of drug-likeness (QED) is 0.442. The van der Waals surface area contributed by atoms with Crippen molar-refractivity contribution >= 4 is 0 Å². The van der Waals surface area contributed by atoms with Crippen LogP contribution in [0.4, 0.5) is 0 Å². The minimum atomic E-state index is 0.443. The maximum Gasteiger partial charge on any atom is 0.119 e. The van der Waals surface area contributed by atoms with Crippen LogP contribution in [0.1, 0.15) is 19.8 Å². The molecule has 1 saturated carbocycles. The molecule has 1 rings (SSSR count). The molecular weight excluding hydrogens is 136 g/mol. The number of rotatable bonds is 4. The second-order valence-electron chi connectivity index (χ2n) is 2.91. The topological polar surface area (TPSA) is 9.23 Å². The molecule has 0 aromatic rings. The van der Waals surface area contributed by atoms with Crippen molar-refractivity contribution in [3.8, 4) is 0 Å². The van der Waals surface area contributed by atoms with E-state index in [2.05, 4.69) is 13.2 Å². The molecule has 1 aliphatic rings. The summed E-state index contributed by atoms with van der Waals surface area (Å²) in [7, 11) is 0. The van der Waals surface area contributed by atoms with Crippen LogP contribution in [0.3, 0.4) is 0 Å². The van der Waals surface area contributed by atoms with Gasteiger partial charge in [0.25, 0.3) is 0 Å². The van der Waals surface area contributed by atoms with E-state index in [1.807, 2.05) is 13.0 Å². The molecule has 0 amide bonds. The lowest BCUT2D eigenvalue weighted by Crippen LogP contribution is -1.91. The second-order valence-corrected chi connectivity index (χ2v) is 2.91. The molecule has 1 fully saturated rings. The summed E-state index contributed by atoms with van der Waals surface area (Å²) < 4.78 is 5.50. The summed E-state index contributed by atoms with van der Waals surface area (Å²) in [5.41, 5.74) is 1.00. The summed E-state index contributed by atoms with van der Waals surface area (Å²) in [6.07, 6.45) is 6.44. The van der Waals surface area contributed by atoms with Gasteiger partial charge in [0.05, 0.1) is 6.10 Å². The van der Waals surface area contributed by atoms with Gasteiger partial charge in [-0.05, 0) is 31.9 Å². The molecule has 0 atom stereocenters. The molecule has 60 valence electrons. The lowest BCUT2D eigenvalue weighted by atomic mass is 10.3. The molecule has 0 bridgehead atoms. The fraction of sp³-hybridized carbons (Fsp3) is 0.400. The van der Waals surface area contributed by atoms with Crippen LogP contribution in [-0.2, 0) is 4.74 Å². The van der Waals surface area contributed by atoms with Crippen molar-refractivity contribution in [1.82, 2.24) is 0 Å². The Kier molecular flexibility index (Phi) is 2.53. The van der Waals surface area contributed by atoms with Gasteiger partial charge in [-0.15, -0.1) is 0 Å². The number of allylic oxidation sites excluding steroid dienone is 3. The van der Waals surface area contributed by atoms with Gasteiger partial charge in [-0.1, -0.05) is 18.7 Å². The molecule has 0 aromatic heterocycles. The zero-order valence-corrected chi connectivity index (χ0v) is 6.97. The molecule has 0 saturated heterocycles. The Morgan fingerprint density at radius 3 is 2.55 bits per heavy atom. The summed E-state index contributed by atoms with van der Waals surface area (Å²) in [5.74, 6) is 0.847. The van der Waals surface area contributed by atoms with E-state index in [0.29, 0.717) is 6.10 Å². The predicted octanol–water partition coefficient (Wildman–Crippen LogP) is 2.81. The third-order valence-corrected chi connectivity index (χ3v) is 1.42. The van der Waals surface area contributed by atoms with Gasteiger partial charge in [-0.3, -0.25) is 0 Å². The normalized spacial score (nSPS) is 17.7. The molecule has 1 aliphatic carbocycles. The average molecular weight is 150 g/mol. The maximum absolute atomic E-state index is 5.50. The Labute approximate surface area is 68.1 Å². The van der Waals surface area contributed by atoms with Crippen molar-refractivity contribution in [2.24, 2.45) is 0 Å². The first-order valence-corrected chi connectivity index (χ1v) is 3.88. The van der Waals surface area contributed by atoms with Crippen molar-refractivity contribution in [3.05, 3.63) is 36.6 Å². The van der Waals surface area contributed by atoms with Crippen LogP contribution >= 0.6 is 0 Å². The fourth-order valence-electron chi connectivity index (χ4n) is 0.762. The second kappa shape index (κ2) is 3.42. The van der Waals surface area contributed by atoms with Crippen molar-refractivity contribution in [3.63, 3.8) is 0 Å². The van der Waals surface area contributed by atoms with Crippen LogP contribution < -0.4 is 0 Å². The van der Waals surface area contributed by atoms with E-state index >= 15 is 0 Å². The molecule has 0 unspecified atom stereocenters. The van der Waals surface area contributed by atoms with Gasteiger partial charge in [0, 0.05) is 0 Å². The molecule has 1 heteroatoms. The van der Waals surface area contributed by atoms with Gasteiger partial charge < -0.3 is 4.74 Å². The molecule has 0 N–H and O–H groups in total. The number of hydrogen-bond acceptors (Lipinski definition) is 1. The molecule has 0 spiro atoms. The van der Waals surface area contributed by atoms with E-state index in [4.69, 9.17) is 4.74 Å². The van der Waals surface area contributed by atoms with Crippen LogP contribution in [-0.4, -0.2) is 6.10 Å². The highest BCUT2D eigenvalue weighted by Crippen LogP contribution is 2.26. The number of hydrogen-bond donors (Lipinski definition) is 0. The lowest BCUT2D eigenvalue weighted by Gasteiger charge is -2.03. The van der Waals surface area contributed by atoms with Crippen LogP contribution in [0.15, 0.2) is 36.6 Å². The van der Waals surface area contributed by atoms with Gasteiger partial charge >= 0.3 is 0 Å². The van der Waals surface area contributed by atoms with Gasteiger partial charge in [0.2, 0.25) is 0 Å². The molecule has 0 heterocycles. The van der Waals surface area contributed by atoms with E-state index in [9.17, 15) is 0 Å². The van der Waals surface area contributed by atoms with E-state index < -0.39 is 0 Å². The lowest BCUT2D eigenvalue weighted by molar-refractivity contribution is 0.209. The molecule has 0 aliphatic heterocycles. The summed E-state index contributed by atoms with van der Waals surface area (Å²) in [6.45, 7) is 9.37. The Hall–Kier alpha value is -0.980. The Bertz CT molecular complexity index is 197. The summed E-state index contributed by atoms with van der Waals surface area (Å²) in [5, 5.41) is 0. The first kappa shape index (κ1) is 8.12. The Morgan fingerprint density at radius 2 is 2.18 bits per heavy atom. The third-order valence-electron chi connectivity index (χ3n) is 1.42. The summed E-state index contributed by atoms with van der Waals surface area (Å²) in [4.78, 5) is 0. The maximum atomic E-state index is 5.50. The van der Waals surface area contributed by atoms with E-state index in [0.717, 1.165) is 11.3 Å².